The van der Waals surface area contributed by atoms with E-state index < -0.39 is 13.9 Å². The molecular formula is C28H30P2. The van der Waals surface area contributed by atoms with Crippen LogP contribution in [0.1, 0.15) is 11.1 Å². The third-order valence-electron chi connectivity index (χ3n) is 6.19. The third kappa shape index (κ3) is 3.65. The zero-order chi connectivity index (χ0) is 21.2. The van der Waals surface area contributed by atoms with Crippen LogP contribution in [0.2, 0.25) is 0 Å². The van der Waals surface area contributed by atoms with E-state index in [1.54, 1.807) is 0 Å². The molecule has 0 heterocycles. The first kappa shape index (κ1) is 21.0. The van der Waals surface area contributed by atoms with Gasteiger partial charge in [0.1, 0.15) is 0 Å². The van der Waals surface area contributed by atoms with E-state index in [2.05, 4.69) is 136 Å². The summed E-state index contributed by atoms with van der Waals surface area (Å²) >= 11 is 0. The molecule has 152 valence electrons. The van der Waals surface area contributed by atoms with Gasteiger partial charge < -0.3 is 0 Å². The predicted octanol–water partition coefficient (Wildman–Crippen LogP) is 6.12. The average Bonchev–Trinajstić information content (AvgIpc) is 2.76. The van der Waals surface area contributed by atoms with Crippen LogP contribution >= 0.6 is 13.9 Å². The van der Waals surface area contributed by atoms with Crippen LogP contribution in [0.15, 0.2) is 109 Å². The van der Waals surface area contributed by atoms with Gasteiger partial charge >= 0.3 is 183 Å². The third-order valence-corrected chi connectivity index (χ3v) is 19.0. The van der Waals surface area contributed by atoms with Crippen molar-refractivity contribution in [1.29, 1.82) is 0 Å². The number of benzene rings is 4. The van der Waals surface area contributed by atoms with Crippen LogP contribution in [0.25, 0.3) is 0 Å². The van der Waals surface area contributed by atoms with Gasteiger partial charge in [0.2, 0.25) is 0 Å². The number of hydrogen-bond acceptors (Lipinski definition) is 0. The van der Waals surface area contributed by atoms with Crippen LogP contribution in [0.4, 0.5) is 0 Å². The van der Waals surface area contributed by atoms with Gasteiger partial charge in [-0.15, -0.1) is 0 Å². The van der Waals surface area contributed by atoms with E-state index in [9.17, 15) is 0 Å². The molecule has 0 fully saturated rings. The quantitative estimate of drug-likeness (QED) is 0.336. The monoisotopic (exact) mass is 428 g/mol. The van der Waals surface area contributed by atoms with E-state index in [4.69, 9.17) is 0 Å². The second-order valence-electron chi connectivity index (χ2n) is 8.71. The normalized spacial score (nSPS) is 13.0. The number of aryl methyl sites for hydroxylation is 2. The first-order chi connectivity index (χ1) is 14.4. The Labute approximate surface area is 182 Å². The number of rotatable bonds is 5. The Morgan fingerprint density at radius 1 is 0.467 bits per heavy atom. The van der Waals surface area contributed by atoms with Crippen molar-refractivity contribution < 1.29 is 0 Å². The Hall–Kier alpha value is -2.26. The van der Waals surface area contributed by atoms with Gasteiger partial charge in [-0.1, -0.05) is 0 Å². The Bertz CT molecular complexity index is 1020. The Balaban J connectivity index is 2.09. The molecule has 2 heteroatoms. The molecule has 4 aromatic rings. The predicted molar refractivity (Wildman–Crippen MR) is 139 cm³/mol. The first-order valence-electron chi connectivity index (χ1n) is 10.5. The van der Waals surface area contributed by atoms with Crippen LogP contribution in [0.5, 0.6) is 0 Å². The zero-order valence-corrected chi connectivity index (χ0v) is 20.1. The molecule has 0 N–H and O–H groups in total. The molecule has 0 unspecified atom stereocenters. The molecule has 0 spiro atoms. The van der Waals surface area contributed by atoms with E-state index in [0.29, 0.717) is 0 Å². The molecule has 0 aromatic heterocycles. The second kappa shape index (κ2) is 8.11. The van der Waals surface area contributed by atoms with Crippen molar-refractivity contribution in [3.63, 3.8) is 0 Å². The zero-order valence-electron chi connectivity index (χ0n) is 18.3. The van der Waals surface area contributed by atoms with Crippen LogP contribution in [-0.2, 0) is 0 Å². The standard InChI is InChI=1S/C28H30P2/c1-23-15-19-27(20-16-23)30(3,4,28-21-17-24(2)18-22-28)29(25-11-7-5-8-12-25)26-13-9-6-10-14-26/h5-22H,1-4H3. The molecular weight excluding hydrogens is 398 g/mol. The summed E-state index contributed by atoms with van der Waals surface area (Å²) in [5.41, 5.74) is 2.62. The van der Waals surface area contributed by atoms with Gasteiger partial charge in [0.15, 0.2) is 0 Å². The summed E-state index contributed by atoms with van der Waals surface area (Å²) in [5.74, 6) is 0. The minimum atomic E-state index is -2.61. The van der Waals surface area contributed by atoms with Crippen molar-refractivity contribution in [2.45, 2.75) is 13.8 Å². The van der Waals surface area contributed by atoms with Crippen LogP contribution in [-0.4, -0.2) is 13.3 Å². The van der Waals surface area contributed by atoms with Crippen molar-refractivity contribution in [1.82, 2.24) is 0 Å². The first-order valence-corrected chi connectivity index (χ1v) is 15.6. The molecule has 4 rings (SSSR count). The van der Waals surface area contributed by atoms with E-state index in [1.165, 1.54) is 32.3 Å². The summed E-state index contributed by atoms with van der Waals surface area (Å²) in [5, 5.41) is 5.86. The van der Waals surface area contributed by atoms with E-state index in [1.807, 2.05) is 0 Å². The Morgan fingerprint density at radius 3 is 1.13 bits per heavy atom. The Morgan fingerprint density at radius 2 is 0.800 bits per heavy atom. The van der Waals surface area contributed by atoms with Crippen molar-refractivity contribution in [2.24, 2.45) is 0 Å². The average molecular weight is 428 g/mol. The Kier molecular flexibility index (Phi) is 5.67. The summed E-state index contributed by atoms with van der Waals surface area (Å²) < 4.78 is 0. The fourth-order valence-electron chi connectivity index (χ4n) is 4.33. The van der Waals surface area contributed by atoms with Crippen LogP contribution in [0, 0.1) is 13.8 Å². The van der Waals surface area contributed by atoms with E-state index in [-0.39, 0.29) is 0 Å². The van der Waals surface area contributed by atoms with Gasteiger partial charge in [-0.25, -0.2) is 0 Å². The van der Waals surface area contributed by atoms with Crippen molar-refractivity contribution in [2.75, 3.05) is 13.3 Å². The molecule has 0 atom stereocenters. The minimum absolute atomic E-state index is 0.620. The molecule has 0 saturated heterocycles. The van der Waals surface area contributed by atoms with Crippen molar-refractivity contribution >= 4 is 35.1 Å². The second-order valence-corrected chi connectivity index (χ2v) is 20.3. The van der Waals surface area contributed by atoms with E-state index in [0.717, 1.165) is 0 Å². The fraction of sp³-hybridized carbons (Fsp3) is 0.143. The maximum absolute atomic E-state index is 2.61. The molecule has 0 aliphatic rings. The molecule has 30 heavy (non-hydrogen) atoms. The topological polar surface area (TPSA) is 0 Å². The maximum atomic E-state index is 2.58. The van der Waals surface area contributed by atoms with Gasteiger partial charge in [-0.05, 0) is 0 Å². The van der Waals surface area contributed by atoms with Gasteiger partial charge in [0.05, 0.1) is 0 Å². The van der Waals surface area contributed by atoms with Gasteiger partial charge in [-0.2, -0.15) is 0 Å². The van der Waals surface area contributed by atoms with Gasteiger partial charge in [-0.3, -0.25) is 0 Å². The van der Waals surface area contributed by atoms with Crippen molar-refractivity contribution in [3.8, 4) is 0 Å². The summed E-state index contributed by atoms with van der Waals surface area (Å²) in [6.45, 7) is 9.50. The number of hydrogen-bond donors (Lipinski definition) is 0. The van der Waals surface area contributed by atoms with E-state index >= 15 is 0 Å². The van der Waals surface area contributed by atoms with Crippen LogP contribution < -0.4 is 21.2 Å². The molecule has 0 aliphatic heterocycles. The molecule has 0 amide bonds. The summed E-state index contributed by atoms with van der Waals surface area (Å²) in [7, 11) is -0.620. The summed E-state index contributed by atoms with van der Waals surface area (Å²) in [6, 6.07) is 41.0. The molecule has 0 saturated carbocycles. The molecule has 0 radical (unpaired) electrons. The summed E-state index contributed by atoms with van der Waals surface area (Å²) in [6.07, 6.45) is -2.61. The molecule has 4 aromatic carbocycles. The summed E-state index contributed by atoms with van der Waals surface area (Å²) in [4.78, 5) is 0. The van der Waals surface area contributed by atoms with Crippen LogP contribution in [0.3, 0.4) is 0 Å². The fourth-order valence-corrected chi connectivity index (χ4v) is 16.9. The van der Waals surface area contributed by atoms with Gasteiger partial charge in [0.25, 0.3) is 0 Å². The molecule has 0 nitrogen and oxygen atoms in total. The van der Waals surface area contributed by atoms with Gasteiger partial charge in [0, 0.05) is 0 Å². The van der Waals surface area contributed by atoms with Crippen molar-refractivity contribution in [3.05, 3.63) is 120 Å². The SMILES string of the molecule is Cc1ccc(P(C)(C)(c2ccc(C)cc2)P(c2ccccc2)c2ccccc2)cc1. The molecule has 0 bridgehead atoms. The molecule has 0 aliphatic carbocycles.